The molecule has 0 bridgehead atoms. The Morgan fingerprint density at radius 2 is 1.30 bits per heavy atom. The quantitative estimate of drug-likeness (QED) is 0.705. The molecule has 1 rings (SSSR count). The number of benzene rings is 1. The van der Waals surface area contributed by atoms with Gasteiger partial charge in [-0.15, -0.1) is 0 Å². The molecule has 2 unspecified atom stereocenters. The van der Waals surface area contributed by atoms with Gasteiger partial charge in [-0.25, -0.2) is 0 Å². The second-order valence-corrected chi connectivity index (χ2v) is 6.49. The molecule has 0 saturated heterocycles. The van der Waals surface area contributed by atoms with E-state index in [4.69, 9.17) is 0 Å². The summed E-state index contributed by atoms with van der Waals surface area (Å²) in [7, 11) is 0. The first-order valence-corrected chi connectivity index (χ1v) is 8.31. The van der Waals surface area contributed by atoms with Crippen LogP contribution in [0.2, 0.25) is 0 Å². The van der Waals surface area contributed by atoms with Crippen molar-refractivity contribution in [3.63, 3.8) is 0 Å². The van der Waals surface area contributed by atoms with Gasteiger partial charge in [0.05, 0.1) is 21.0 Å². The maximum absolute atomic E-state index is 11.9. The summed E-state index contributed by atoms with van der Waals surface area (Å²) < 4.78 is 0. The molecule has 4 nitrogen and oxygen atoms in total. The molecule has 0 saturated carbocycles. The third-order valence-corrected chi connectivity index (χ3v) is 4.86. The Hall–Kier alpha value is -0.880. The summed E-state index contributed by atoms with van der Waals surface area (Å²) in [5.41, 5.74) is 1.19. The van der Waals surface area contributed by atoms with Crippen LogP contribution in [0.3, 0.4) is 0 Å². The molecule has 1 aromatic carbocycles. The standard InChI is InChI=1S/C14H18Br2N2O2/c1-3-9(15)13(19)17-11-7-5-6-8-12(11)18-14(20)10(16)4-2/h5-10H,3-4H2,1-2H3,(H,17,19)(H,18,20). The molecule has 1 aromatic rings. The van der Waals surface area contributed by atoms with Gasteiger partial charge in [0.25, 0.3) is 0 Å². The maximum Gasteiger partial charge on any atom is 0.238 e. The molecule has 2 atom stereocenters. The Bertz CT molecular complexity index is 437. The molecule has 20 heavy (non-hydrogen) atoms. The lowest BCUT2D eigenvalue weighted by molar-refractivity contribution is -0.116. The number of alkyl halides is 2. The van der Waals surface area contributed by atoms with Crippen molar-refractivity contribution in [3.8, 4) is 0 Å². The van der Waals surface area contributed by atoms with Gasteiger partial charge in [-0.3, -0.25) is 9.59 Å². The molecule has 0 fully saturated rings. The van der Waals surface area contributed by atoms with Gasteiger partial charge in [-0.2, -0.15) is 0 Å². The average Bonchev–Trinajstić information content (AvgIpc) is 2.47. The van der Waals surface area contributed by atoms with Gasteiger partial charge in [0.1, 0.15) is 0 Å². The van der Waals surface area contributed by atoms with Crippen molar-refractivity contribution < 1.29 is 9.59 Å². The summed E-state index contributed by atoms with van der Waals surface area (Å²) in [6, 6.07) is 7.15. The van der Waals surface area contributed by atoms with Gasteiger partial charge in [0, 0.05) is 0 Å². The Balaban J connectivity index is 2.83. The Morgan fingerprint density at radius 1 is 0.950 bits per heavy atom. The van der Waals surface area contributed by atoms with Gasteiger partial charge < -0.3 is 10.6 Å². The van der Waals surface area contributed by atoms with Crippen molar-refractivity contribution in [2.75, 3.05) is 10.6 Å². The third kappa shape index (κ3) is 4.90. The van der Waals surface area contributed by atoms with Gasteiger partial charge in [0.15, 0.2) is 0 Å². The number of carbonyl (C=O) groups excluding carboxylic acids is 2. The molecule has 110 valence electrons. The molecule has 0 aliphatic heterocycles. The zero-order valence-corrected chi connectivity index (χ0v) is 14.6. The Morgan fingerprint density at radius 3 is 1.60 bits per heavy atom. The number of rotatable bonds is 6. The van der Waals surface area contributed by atoms with E-state index in [0.29, 0.717) is 24.2 Å². The highest BCUT2D eigenvalue weighted by Crippen LogP contribution is 2.23. The fourth-order valence-electron chi connectivity index (χ4n) is 1.49. The van der Waals surface area contributed by atoms with E-state index >= 15 is 0 Å². The zero-order valence-electron chi connectivity index (χ0n) is 11.5. The molecule has 0 spiro atoms. The van der Waals surface area contributed by atoms with Crippen LogP contribution in [0.15, 0.2) is 24.3 Å². The lowest BCUT2D eigenvalue weighted by atomic mass is 10.2. The normalized spacial score (nSPS) is 13.4. The van der Waals surface area contributed by atoms with E-state index in [1.807, 2.05) is 26.0 Å². The smallest absolute Gasteiger partial charge is 0.238 e. The summed E-state index contributed by atoms with van der Waals surface area (Å²) in [5.74, 6) is -0.250. The van der Waals surface area contributed by atoms with E-state index < -0.39 is 0 Å². The first-order valence-electron chi connectivity index (χ1n) is 6.48. The predicted octanol–water partition coefficient (Wildman–Crippen LogP) is 3.91. The van der Waals surface area contributed by atoms with Crippen LogP contribution in [-0.2, 0) is 9.59 Å². The zero-order chi connectivity index (χ0) is 15.1. The van der Waals surface area contributed by atoms with E-state index in [1.165, 1.54) is 0 Å². The summed E-state index contributed by atoms with van der Waals surface area (Å²) in [4.78, 5) is 23.3. The van der Waals surface area contributed by atoms with Crippen molar-refractivity contribution in [2.24, 2.45) is 0 Å². The van der Waals surface area contributed by atoms with Crippen LogP contribution in [0.4, 0.5) is 11.4 Å². The third-order valence-electron chi connectivity index (χ3n) is 2.73. The minimum atomic E-state index is -0.245. The lowest BCUT2D eigenvalue weighted by Gasteiger charge is -2.15. The second kappa shape index (κ2) is 8.42. The second-order valence-electron chi connectivity index (χ2n) is 4.28. The number of halogens is 2. The summed E-state index contributed by atoms with van der Waals surface area (Å²) in [6.45, 7) is 3.84. The van der Waals surface area contributed by atoms with Crippen molar-refractivity contribution in [1.82, 2.24) is 0 Å². The highest BCUT2D eigenvalue weighted by molar-refractivity contribution is 9.10. The average molecular weight is 406 g/mol. The fraction of sp³-hybridized carbons (Fsp3) is 0.429. The Labute approximate surface area is 136 Å². The van der Waals surface area contributed by atoms with E-state index in [9.17, 15) is 9.59 Å². The Kier molecular flexibility index (Phi) is 7.23. The topological polar surface area (TPSA) is 58.2 Å². The molecule has 2 amide bonds. The van der Waals surface area contributed by atoms with E-state index in [1.54, 1.807) is 12.1 Å². The minimum absolute atomic E-state index is 0.125. The molecule has 0 aromatic heterocycles. The number of para-hydroxylation sites is 2. The van der Waals surface area contributed by atoms with Crippen molar-refractivity contribution in [1.29, 1.82) is 0 Å². The van der Waals surface area contributed by atoms with Gasteiger partial charge >= 0.3 is 0 Å². The molecular formula is C14H18Br2N2O2. The number of amides is 2. The summed E-state index contributed by atoms with van der Waals surface area (Å²) in [6.07, 6.45) is 1.39. The minimum Gasteiger partial charge on any atom is -0.323 e. The predicted molar refractivity (Wildman–Crippen MR) is 89.7 cm³/mol. The largest absolute Gasteiger partial charge is 0.323 e. The molecule has 0 aliphatic carbocycles. The summed E-state index contributed by atoms with van der Waals surface area (Å²) in [5, 5.41) is 5.62. The van der Waals surface area contributed by atoms with Crippen LogP contribution >= 0.6 is 31.9 Å². The molecule has 2 N–H and O–H groups in total. The van der Waals surface area contributed by atoms with Crippen molar-refractivity contribution in [3.05, 3.63) is 24.3 Å². The van der Waals surface area contributed by atoms with Crippen LogP contribution in [-0.4, -0.2) is 21.5 Å². The maximum atomic E-state index is 11.9. The van der Waals surface area contributed by atoms with E-state index in [-0.39, 0.29) is 21.5 Å². The monoisotopic (exact) mass is 404 g/mol. The number of anilines is 2. The SMILES string of the molecule is CCC(Br)C(=O)Nc1ccccc1NC(=O)C(Br)CC. The summed E-state index contributed by atoms with van der Waals surface area (Å²) >= 11 is 6.61. The number of hydrogen-bond acceptors (Lipinski definition) is 2. The van der Waals surface area contributed by atoms with E-state index in [2.05, 4.69) is 42.5 Å². The van der Waals surface area contributed by atoms with Gasteiger partial charge in [-0.05, 0) is 25.0 Å². The molecule has 0 radical (unpaired) electrons. The highest BCUT2D eigenvalue weighted by atomic mass is 79.9. The fourth-order valence-corrected chi connectivity index (χ4v) is 1.72. The van der Waals surface area contributed by atoms with Crippen LogP contribution < -0.4 is 10.6 Å². The van der Waals surface area contributed by atoms with Gasteiger partial charge in [0.2, 0.25) is 11.8 Å². The van der Waals surface area contributed by atoms with Crippen molar-refractivity contribution in [2.45, 2.75) is 36.3 Å². The number of carbonyl (C=O) groups is 2. The first kappa shape index (κ1) is 17.2. The lowest BCUT2D eigenvalue weighted by Crippen LogP contribution is -2.25. The van der Waals surface area contributed by atoms with Crippen LogP contribution in [0.25, 0.3) is 0 Å². The number of hydrogen-bond donors (Lipinski definition) is 2. The van der Waals surface area contributed by atoms with E-state index in [0.717, 1.165) is 0 Å². The highest BCUT2D eigenvalue weighted by Gasteiger charge is 2.17. The molecule has 0 aliphatic rings. The first-order chi connectivity index (χ1) is 9.49. The van der Waals surface area contributed by atoms with Crippen molar-refractivity contribution >= 4 is 55.0 Å². The molecule has 0 heterocycles. The van der Waals surface area contributed by atoms with Gasteiger partial charge in [-0.1, -0.05) is 57.8 Å². The molecular weight excluding hydrogens is 388 g/mol. The van der Waals surface area contributed by atoms with Crippen LogP contribution in [0.1, 0.15) is 26.7 Å². The van der Waals surface area contributed by atoms with Crippen LogP contribution in [0, 0.1) is 0 Å². The number of nitrogens with one attached hydrogen (secondary N) is 2. The van der Waals surface area contributed by atoms with Crippen LogP contribution in [0.5, 0.6) is 0 Å². The molecule has 6 heteroatoms.